The maximum atomic E-state index is 13.1. The molecule has 3 aliphatic rings. The molecular formula is C21H26Cl2FN5O. The van der Waals surface area contributed by atoms with Crippen LogP contribution in [0.2, 0.25) is 10.0 Å². The van der Waals surface area contributed by atoms with Crippen molar-refractivity contribution in [1.29, 1.82) is 0 Å². The fourth-order valence-electron chi connectivity index (χ4n) is 4.46. The summed E-state index contributed by atoms with van der Waals surface area (Å²) in [6.07, 6.45) is 3.88. The minimum atomic E-state index is -0.402. The summed E-state index contributed by atoms with van der Waals surface area (Å²) in [7, 11) is 0. The Bertz CT molecular complexity index is 843. The van der Waals surface area contributed by atoms with Gasteiger partial charge in [-0.25, -0.2) is 4.39 Å². The Hall–Kier alpha value is -1.67. The number of benzene rings is 1. The number of nitrogens with one attached hydrogen (secondary N) is 3. The number of carbonyl (C=O) groups excluding carboxylic acids is 1. The third kappa shape index (κ3) is 4.97. The van der Waals surface area contributed by atoms with Crippen LogP contribution < -0.4 is 16.0 Å². The van der Waals surface area contributed by atoms with Crippen molar-refractivity contribution in [2.24, 2.45) is 16.8 Å². The van der Waals surface area contributed by atoms with Crippen LogP contribution in [-0.4, -0.2) is 56.0 Å². The van der Waals surface area contributed by atoms with Crippen molar-refractivity contribution in [3.63, 3.8) is 0 Å². The van der Waals surface area contributed by atoms with Crippen molar-refractivity contribution >= 4 is 35.3 Å². The van der Waals surface area contributed by atoms with E-state index >= 15 is 0 Å². The van der Waals surface area contributed by atoms with E-state index in [1.165, 1.54) is 12.4 Å². The highest BCUT2D eigenvalue weighted by atomic mass is 35.5. The molecule has 0 spiro atoms. The Morgan fingerprint density at radius 1 is 1.23 bits per heavy atom. The lowest BCUT2D eigenvalue weighted by Gasteiger charge is -2.27. The van der Waals surface area contributed by atoms with Crippen molar-refractivity contribution < 1.29 is 9.18 Å². The van der Waals surface area contributed by atoms with E-state index in [0.717, 1.165) is 31.5 Å². The SMILES string of the molecule is O=C(C1CCNCC1)N1C[C@H](CNC2N=CC(F)=CN2)[C@@H](c2ccc(Cl)c(Cl)c2)C1. The Kier molecular flexibility index (Phi) is 6.93. The van der Waals surface area contributed by atoms with Crippen molar-refractivity contribution in [1.82, 2.24) is 20.9 Å². The predicted octanol–water partition coefficient (Wildman–Crippen LogP) is 2.89. The quantitative estimate of drug-likeness (QED) is 0.640. The van der Waals surface area contributed by atoms with Crippen molar-refractivity contribution in [3.05, 3.63) is 45.8 Å². The normalized spacial score (nSPS) is 27.1. The number of hydrogen-bond donors (Lipinski definition) is 3. The smallest absolute Gasteiger partial charge is 0.225 e. The zero-order valence-corrected chi connectivity index (χ0v) is 18.1. The molecule has 0 aromatic heterocycles. The monoisotopic (exact) mass is 453 g/mol. The highest BCUT2D eigenvalue weighted by Gasteiger charge is 2.38. The molecule has 3 heterocycles. The molecule has 3 atom stereocenters. The summed E-state index contributed by atoms with van der Waals surface area (Å²) in [6.45, 7) is 3.73. The summed E-state index contributed by atoms with van der Waals surface area (Å²) in [6, 6.07) is 5.69. The van der Waals surface area contributed by atoms with Crippen molar-refractivity contribution in [3.8, 4) is 0 Å². The van der Waals surface area contributed by atoms with Crippen LogP contribution in [-0.2, 0) is 4.79 Å². The van der Waals surface area contributed by atoms with Gasteiger partial charge in [-0.15, -0.1) is 0 Å². The maximum absolute atomic E-state index is 13.1. The minimum absolute atomic E-state index is 0.0881. The molecule has 2 saturated heterocycles. The molecule has 1 aromatic rings. The second-order valence-electron chi connectivity index (χ2n) is 8.09. The fourth-order valence-corrected chi connectivity index (χ4v) is 4.77. The topological polar surface area (TPSA) is 68.8 Å². The van der Waals surface area contributed by atoms with E-state index in [0.29, 0.717) is 29.7 Å². The molecule has 9 heteroatoms. The van der Waals surface area contributed by atoms with E-state index in [-0.39, 0.29) is 30.0 Å². The van der Waals surface area contributed by atoms with Gasteiger partial charge in [0.1, 0.15) is 0 Å². The van der Waals surface area contributed by atoms with E-state index in [9.17, 15) is 9.18 Å². The number of piperidine rings is 1. The number of allylic oxidation sites excluding steroid dienone is 1. The minimum Gasteiger partial charge on any atom is -0.355 e. The lowest BCUT2D eigenvalue weighted by molar-refractivity contribution is -0.135. The van der Waals surface area contributed by atoms with Gasteiger partial charge >= 0.3 is 0 Å². The first-order chi connectivity index (χ1) is 14.5. The molecule has 0 bridgehead atoms. The first-order valence-corrected chi connectivity index (χ1v) is 11.1. The molecule has 4 rings (SSSR count). The van der Waals surface area contributed by atoms with Gasteiger partial charge in [-0.2, -0.15) is 0 Å². The summed E-state index contributed by atoms with van der Waals surface area (Å²) in [5.41, 5.74) is 1.07. The maximum Gasteiger partial charge on any atom is 0.225 e. The lowest BCUT2D eigenvalue weighted by Crippen LogP contribution is -2.43. The molecule has 0 radical (unpaired) electrons. The number of likely N-dealkylation sites (tertiary alicyclic amines) is 1. The van der Waals surface area contributed by atoms with Gasteiger partial charge in [0.05, 0.1) is 16.3 Å². The van der Waals surface area contributed by atoms with Crippen molar-refractivity contribution in [2.45, 2.75) is 25.0 Å². The Labute approximate surface area is 185 Å². The Balaban J connectivity index is 1.47. The summed E-state index contributed by atoms with van der Waals surface area (Å²) in [5.74, 6) is 0.243. The molecule has 0 saturated carbocycles. The summed E-state index contributed by atoms with van der Waals surface area (Å²) < 4.78 is 13.1. The van der Waals surface area contributed by atoms with E-state index in [1.54, 1.807) is 0 Å². The third-order valence-corrected chi connectivity index (χ3v) is 6.85. The van der Waals surface area contributed by atoms with Gasteiger partial charge in [0.2, 0.25) is 5.91 Å². The van der Waals surface area contributed by atoms with E-state index in [4.69, 9.17) is 23.2 Å². The van der Waals surface area contributed by atoms with Gasteiger partial charge in [-0.05, 0) is 49.5 Å². The van der Waals surface area contributed by atoms with Crippen molar-refractivity contribution in [2.75, 3.05) is 32.7 Å². The molecule has 1 aromatic carbocycles. The number of carbonyl (C=O) groups is 1. The van der Waals surface area contributed by atoms with Gasteiger partial charge in [0, 0.05) is 37.7 Å². The van der Waals surface area contributed by atoms with Gasteiger partial charge in [-0.1, -0.05) is 29.3 Å². The number of halogens is 3. The number of amides is 1. The zero-order valence-electron chi connectivity index (χ0n) is 16.6. The van der Waals surface area contributed by atoms with Crippen LogP contribution in [0.15, 0.2) is 35.2 Å². The van der Waals surface area contributed by atoms with E-state index < -0.39 is 5.83 Å². The predicted molar refractivity (Wildman–Crippen MR) is 117 cm³/mol. The molecule has 1 unspecified atom stereocenters. The first-order valence-electron chi connectivity index (χ1n) is 10.3. The van der Waals surface area contributed by atoms with Crippen LogP contribution >= 0.6 is 23.2 Å². The number of nitrogens with zero attached hydrogens (tertiary/aromatic N) is 2. The van der Waals surface area contributed by atoms with Crippen LogP contribution in [0, 0.1) is 11.8 Å². The number of rotatable bonds is 5. The van der Waals surface area contributed by atoms with E-state index in [1.807, 2.05) is 23.1 Å². The van der Waals surface area contributed by atoms with E-state index in [2.05, 4.69) is 20.9 Å². The number of aliphatic imine (C=N–C) groups is 1. The van der Waals surface area contributed by atoms with Gasteiger partial charge in [0.15, 0.2) is 12.1 Å². The lowest BCUT2D eigenvalue weighted by atomic mass is 9.89. The van der Waals surface area contributed by atoms with Crippen LogP contribution in [0.4, 0.5) is 4.39 Å². The molecule has 0 aliphatic carbocycles. The molecule has 6 nitrogen and oxygen atoms in total. The van der Waals surface area contributed by atoms with Gasteiger partial charge in [-0.3, -0.25) is 15.1 Å². The Morgan fingerprint density at radius 2 is 2.03 bits per heavy atom. The fraction of sp³-hybridized carbons (Fsp3) is 0.524. The van der Waals surface area contributed by atoms with Crippen LogP contribution in [0.5, 0.6) is 0 Å². The molecular weight excluding hydrogens is 428 g/mol. The highest BCUT2D eigenvalue weighted by Crippen LogP contribution is 2.36. The number of hydrogen-bond acceptors (Lipinski definition) is 5. The highest BCUT2D eigenvalue weighted by molar-refractivity contribution is 6.42. The van der Waals surface area contributed by atoms with Crippen LogP contribution in [0.25, 0.3) is 0 Å². The molecule has 1 amide bonds. The summed E-state index contributed by atoms with van der Waals surface area (Å²) in [4.78, 5) is 19.2. The van der Waals surface area contributed by atoms with Gasteiger partial charge in [0.25, 0.3) is 0 Å². The van der Waals surface area contributed by atoms with Gasteiger partial charge < -0.3 is 15.5 Å². The summed E-state index contributed by atoms with van der Waals surface area (Å²) >= 11 is 12.4. The van der Waals surface area contributed by atoms with Crippen LogP contribution in [0.3, 0.4) is 0 Å². The second kappa shape index (κ2) is 9.64. The Morgan fingerprint density at radius 3 is 2.73 bits per heavy atom. The molecule has 162 valence electrons. The molecule has 2 fully saturated rings. The first kappa shape index (κ1) is 21.6. The third-order valence-electron chi connectivity index (χ3n) is 6.11. The molecule has 3 aliphatic heterocycles. The second-order valence-corrected chi connectivity index (χ2v) is 8.91. The zero-order chi connectivity index (χ0) is 21.1. The molecule has 30 heavy (non-hydrogen) atoms. The standard InChI is InChI=1S/C21H26Cl2FN5O/c22-18-2-1-14(7-19(18)23)17-12-29(20(30)13-3-5-25-6-4-13)11-15(17)8-26-21-27-9-16(24)10-28-21/h1-2,7,9-10,13,15,17,21,25-27H,3-6,8,11-12H2/t15-,17+,21?/m0/s1. The summed E-state index contributed by atoms with van der Waals surface area (Å²) in [5, 5.41) is 10.5. The van der Waals surface area contributed by atoms with Crippen LogP contribution in [0.1, 0.15) is 24.3 Å². The average Bonchev–Trinajstić information content (AvgIpc) is 3.19. The largest absolute Gasteiger partial charge is 0.355 e. The average molecular weight is 454 g/mol. The molecule has 3 N–H and O–H groups in total.